The van der Waals surface area contributed by atoms with E-state index in [1.807, 2.05) is 19.9 Å². The molecule has 0 fully saturated rings. The summed E-state index contributed by atoms with van der Waals surface area (Å²) in [4.78, 5) is 12.9. The van der Waals surface area contributed by atoms with Crippen molar-refractivity contribution >= 4 is 5.71 Å². The van der Waals surface area contributed by atoms with Crippen molar-refractivity contribution in [1.29, 1.82) is 0 Å². The van der Waals surface area contributed by atoms with E-state index in [1.54, 1.807) is 18.5 Å². The summed E-state index contributed by atoms with van der Waals surface area (Å²) in [5.74, 6) is 1.08. The van der Waals surface area contributed by atoms with Crippen LogP contribution in [0.15, 0.2) is 47.4 Å². The maximum absolute atomic E-state index is 4.54. The normalized spacial score (nSPS) is 13.6. The Hall–Kier alpha value is -1.77. The smallest absolute Gasteiger partial charge is 0.173 e. The number of hydrogen-bond acceptors (Lipinski definition) is 3. The van der Waals surface area contributed by atoms with Gasteiger partial charge < -0.3 is 0 Å². The van der Waals surface area contributed by atoms with E-state index in [4.69, 9.17) is 0 Å². The molecule has 0 radical (unpaired) electrons. The third-order valence-corrected chi connectivity index (χ3v) is 2.48. The molecule has 0 aliphatic heterocycles. The Morgan fingerprint density at radius 1 is 1.29 bits per heavy atom. The first-order valence-electron chi connectivity index (χ1n) is 5.72. The summed E-state index contributed by atoms with van der Waals surface area (Å²) in [6, 6.07) is 1.79. The van der Waals surface area contributed by atoms with Crippen molar-refractivity contribution in [2.24, 2.45) is 10.9 Å². The van der Waals surface area contributed by atoms with Gasteiger partial charge in [-0.25, -0.2) is 9.97 Å². The number of allylic oxidation sites excluding steroid dienone is 3. The predicted octanol–water partition coefficient (Wildman–Crippen LogP) is 3.40. The van der Waals surface area contributed by atoms with E-state index in [-0.39, 0.29) is 0 Å². The van der Waals surface area contributed by atoms with Crippen LogP contribution in [0.4, 0.5) is 0 Å². The van der Waals surface area contributed by atoms with E-state index in [0.29, 0.717) is 11.7 Å². The van der Waals surface area contributed by atoms with Crippen LogP contribution in [0.2, 0.25) is 0 Å². The first kappa shape index (κ1) is 13.3. The Bertz CT molecular complexity index is 442. The lowest BCUT2D eigenvalue weighted by Gasteiger charge is -2.09. The topological polar surface area (TPSA) is 38.1 Å². The van der Waals surface area contributed by atoms with Gasteiger partial charge in [-0.1, -0.05) is 26.5 Å². The third-order valence-electron chi connectivity index (χ3n) is 2.48. The van der Waals surface area contributed by atoms with Gasteiger partial charge in [0.1, 0.15) is 0 Å². The Kier molecular flexibility index (Phi) is 4.76. The van der Waals surface area contributed by atoms with Crippen molar-refractivity contribution in [3.8, 4) is 0 Å². The summed E-state index contributed by atoms with van der Waals surface area (Å²) >= 11 is 0. The molecule has 17 heavy (non-hydrogen) atoms. The second-order valence-electron chi connectivity index (χ2n) is 4.17. The van der Waals surface area contributed by atoms with Crippen molar-refractivity contribution in [1.82, 2.24) is 9.97 Å². The van der Waals surface area contributed by atoms with Crippen LogP contribution in [0.25, 0.3) is 0 Å². The SMILES string of the molecule is C=C/C(=C(C)\N=C(/C)c1ncccn1)C(C)C. The molecule has 3 heteroatoms. The molecule has 0 aromatic carbocycles. The van der Waals surface area contributed by atoms with Crippen molar-refractivity contribution in [3.05, 3.63) is 48.2 Å². The summed E-state index contributed by atoms with van der Waals surface area (Å²) in [5, 5.41) is 0. The van der Waals surface area contributed by atoms with Crippen LogP contribution in [0.3, 0.4) is 0 Å². The molecular weight excluding hydrogens is 210 g/mol. The van der Waals surface area contributed by atoms with Crippen LogP contribution in [-0.4, -0.2) is 15.7 Å². The second-order valence-corrected chi connectivity index (χ2v) is 4.17. The fourth-order valence-corrected chi connectivity index (χ4v) is 1.65. The number of nitrogens with zero attached hydrogens (tertiary/aromatic N) is 3. The molecule has 3 nitrogen and oxygen atoms in total. The lowest BCUT2D eigenvalue weighted by Crippen LogP contribution is -2.02. The number of hydrogen-bond donors (Lipinski definition) is 0. The summed E-state index contributed by atoms with van der Waals surface area (Å²) < 4.78 is 0. The number of aromatic nitrogens is 2. The van der Waals surface area contributed by atoms with Gasteiger partial charge in [0.05, 0.1) is 5.71 Å². The molecular formula is C14H19N3. The maximum Gasteiger partial charge on any atom is 0.173 e. The quantitative estimate of drug-likeness (QED) is 0.586. The molecule has 1 heterocycles. The van der Waals surface area contributed by atoms with E-state index >= 15 is 0 Å². The first-order chi connectivity index (χ1) is 8.06. The molecule has 0 aliphatic rings. The van der Waals surface area contributed by atoms with Gasteiger partial charge in [0.15, 0.2) is 5.82 Å². The highest BCUT2D eigenvalue weighted by molar-refractivity contribution is 5.95. The fraction of sp³-hybridized carbons (Fsp3) is 0.357. The van der Waals surface area contributed by atoms with Gasteiger partial charge in [-0.3, -0.25) is 4.99 Å². The van der Waals surface area contributed by atoms with E-state index < -0.39 is 0 Å². The van der Waals surface area contributed by atoms with Gasteiger partial charge >= 0.3 is 0 Å². The number of aliphatic imine (C=N–C) groups is 1. The zero-order valence-corrected chi connectivity index (χ0v) is 10.9. The molecule has 0 spiro atoms. The van der Waals surface area contributed by atoms with Crippen molar-refractivity contribution < 1.29 is 0 Å². The van der Waals surface area contributed by atoms with E-state index in [0.717, 1.165) is 17.0 Å². The van der Waals surface area contributed by atoms with Crippen molar-refractivity contribution in [3.63, 3.8) is 0 Å². The van der Waals surface area contributed by atoms with Crippen LogP contribution in [0, 0.1) is 5.92 Å². The molecule has 0 saturated carbocycles. The molecule has 0 unspecified atom stereocenters. The first-order valence-corrected chi connectivity index (χ1v) is 5.72. The summed E-state index contributed by atoms with van der Waals surface area (Å²) in [6.45, 7) is 12.0. The minimum Gasteiger partial charge on any atom is -0.254 e. The Balaban J connectivity index is 3.07. The highest BCUT2D eigenvalue weighted by atomic mass is 14.9. The Labute approximate surface area is 103 Å². The molecule has 0 amide bonds. The minimum atomic E-state index is 0.417. The second kappa shape index (κ2) is 6.09. The summed E-state index contributed by atoms with van der Waals surface area (Å²) in [7, 11) is 0. The van der Waals surface area contributed by atoms with Gasteiger partial charge in [-0.2, -0.15) is 0 Å². The summed E-state index contributed by atoms with van der Waals surface area (Å²) in [6.07, 6.45) is 5.30. The highest BCUT2D eigenvalue weighted by Gasteiger charge is 2.05. The van der Waals surface area contributed by atoms with Crippen LogP contribution in [0.5, 0.6) is 0 Å². The van der Waals surface area contributed by atoms with Crippen LogP contribution < -0.4 is 0 Å². The molecule has 1 aromatic heterocycles. The standard InChI is InChI=1S/C14H19N3/c1-6-13(10(2)3)11(4)17-12(5)14-15-8-7-9-16-14/h6-10H,1H2,2-5H3/b13-11+,17-12+. The van der Waals surface area contributed by atoms with Gasteiger partial charge in [0, 0.05) is 18.1 Å². The molecule has 1 rings (SSSR count). The molecule has 0 N–H and O–H groups in total. The molecule has 0 bridgehead atoms. The average Bonchev–Trinajstić information content (AvgIpc) is 2.30. The van der Waals surface area contributed by atoms with Gasteiger partial charge in [0.25, 0.3) is 0 Å². The fourth-order valence-electron chi connectivity index (χ4n) is 1.65. The highest BCUT2D eigenvalue weighted by Crippen LogP contribution is 2.17. The average molecular weight is 229 g/mol. The van der Waals surface area contributed by atoms with Crippen LogP contribution >= 0.6 is 0 Å². The molecule has 1 aromatic rings. The van der Waals surface area contributed by atoms with E-state index in [2.05, 4.69) is 35.4 Å². The lowest BCUT2D eigenvalue weighted by atomic mass is 10.0. The zero-order valence-electron chi connectivity index (χ0n) is 10.9. The maximum atomic E-state index is 4.54. The van der Waals surface area contributed by atoms with Gasteiger partial charge in [-0.15, -0.1) is 0 Å². The van der Waals surface area contributed by atoms with Crippen LogP contribution in [-0.2, 0) is 0 Å². The lowest BCUT2D eigenvalue weighted by molar-refractivity contribution is 0.778. The molecule has 0 saturated heterocycles. The third kappa shape index (κ3) is 3.63. The summed E-state index contributed by atoms with van der Waals surface area (Å²) in [5.41, 5.74) is 2.95. The number of rotatable bonds is 4. The molecule has 90 valence electrons. The van der Waals surface area contributed by atoms with Crippen molar-refractivity contribution in [2.75, 3.05) is 0 Å². The van der Waals surface area contributed by atoms with Crippen LogP contribution in [0.1, 0.15) is 33.5 Å². The van der Waals surface area contributed by atoms with Gasteiger partial charge in [0.2, 0.25) is 0 Å². The Morgan fingerprint density at radius 3 is 2.35 bits per heavy atom. The zero-order chi connectivity index (χ0) is 12.8. The van der Waals surface area contributed by atoms with E-state index in [9.17, 15) is 0 Å². The molecule has 0 atom stereocenters. The van der Waals surface area contributed by atoms with Crippen molar-refractivity contribution in [2.45, 2.75) is 27.7 Å². The largest absolute Gasteiger partial charge is 0.254 e. The minimum absolute atomic E-state index is 0.417. The monoisotopic (exact) mass is 229 g/mol. The Morgan fingerprint density at radius 2 is 1.88 bits per heavy atom. The molecule has 0 aliphatic carbocycles. The van der Waals surface area contributed by atoms with E-state index in [1.165, 1.54) is 0 Å². The predicted molar refractivity (Wildman–Crippen MR) is 72.0 cm³/mol. The van der Waals surface area contributed by atoms with Gasteiger partial charge in [-0.05, 0) is 31.4 Å².